The zero-order valence-corrected chi connectivity index (χ0v) is 53.9. The van der Waals surface area contributed by atoms with Crippen molar-refractivity contribution in [3.05, 3.63) is 146 Å². The van der Waals surface area contributed by atoms with E-state index in [0.29, 0.717) is 25.7 Å². The number of unbranched alkanes of at least 4 members (excludes halogenated alkanes) is 26. The Morgan fingerprint density at radius 3 is 0.759 bits per heavy atom. The fourth-order valence-electron chi connectivity index (χ4n) is 9.27. The molecule has 0 saturated carbocycles. The van der Waals surface area contributed by atoms with E-state index in [1.54, 1.807) is 0 Å². The normalized spacial score (nSPS) is 13.0. The summed E-state index contributed by atoms with van der Waals surface area (Å²) < 4.78 is 16.9. The van der Waals surface area contributed by atoms with E-state index in [0.717, 1.165) is 135 Å². The molecule has 1 unspecified atom stereocenters. The molecule has 0 bridgehead atoms. The Morgan fingerprint density at radius 2 is 0.470 bits per heavy atom. The lowest BCUT2D eigenvalue weighted by Crippen LogP contribution is -2.30. The van der Waals surface area contributed by atoms with Gasteiger partial charge in [0.05, 0.1) is 0 Å². The average Bonchev–Trinajstić information content (AvgIpc) is 3.49. The van der Waals surface area contributed by atoms with Crippen molar-refractivity contribution in [1.82, 2.24) is 0 Å². The smallest absolute Gasteiger partial charge is 0.306 e. The van der Waals surface area contributed by atoms with Gasteiger partial charge in [0.25, 0.3) is 0 Å². The van der Waals surface area contributed by atoms with Crippen molar-refractivity contribution < 1.29 is 28.6 Å². The largest absolute Gasteiger partial charge is 0.462 e. The SMILES string of the molecule is CC/C=C\C/C=C\C/C=C\C/C=C\C/C=C\C/C=C\C/C=C\C/C=C\CCCCC(=O)OCC(COC(=O)CCCCCCCCCCCCCCCCCCC)OC(=O)CCCCCCCCCC/C=C\C/C=C\C/C=C\C/C=C\CC. The minimum atomic E-state index is -0.807. The molecule has 0 N–H and O–H groups in total. The van der Waals surface area contributed by atoms with Crippen molar-refractivity contribution >= 4 is 17.9 Å². The Bertz CT molecular complexity index is 1800. The van der Waals surface area contributed by atoms with Crippen LogP contribution in [0.1, 0.15) is 303 Å². The highest BCUT2D eigenvalue weighted by Crippen LogP contribution is 2.16. The van der Waals surface area contributed by atoms with Crippen molar-refractivity contribution in [2.24, 2.45) is 0 Å². The van der Waals surface area contributed by atoms with Crippen LogP contribution in [0.15, 0.2) is 146 Å². The van der Waals surface area contributed by atoms with Crippen molar-refractivity contribution in [1.29, 1.82) is 0 Å². The van der Waals surface area contributed by atoms with Crippen LogP contribution in [-0.4, -0.2) is 37.2 Å². The molecule has 0 heterocycles. The first-order chi connectivity index (χ1) is 41.0. The van der Waals surface area contributed by atoms with Gasteiger partial charge < -0.3 is 14.2 Å². The lowest BCUT2D eigenvalue weighted by molar-refractivity contribution is -0.167. The van der Waals surface area contributed by atoms with E-state index in [1.807, 2.05) is 0 Å². The molecule has 6 nitrogen and oxygen atoms in total. The van der Waals surface area contributed by atoms with Gasteiger partial charge in [0.15, 0.2) is 6.10 Å². The van der Waals surface area contributed by atoms with E-state index >= 15 is 0 Å². The van der Waals surface area contributed by atoms with Crippen LogP contribution < -0.4 is 0 Å². The molecule has 470 valence electrons. The van der Waals surface area contributed by atoms with Crippen molar-refractivity contribution in [2.45, 2.75) is 309 Å². The molecular weight excluding hydrogens is 1020 g/mol. The number of rotatable bonds is 61. The molecule has 6 heteroatoms. The van der Waals surface area contributed by atoms with Gasteiger partial charge in [0, 0.05) is 19.3 Å². The summed E-state index contributed by atoms with van der Waals surface area (Å²) in [7, 11) is 0. The maximum absolute atomic E-state index is 13.0. The van der Waals surface area contributed by atoms with Crippen molar-refractivity contribution in [3.63, 3.8) is 0 Å². The summed E-state index contributed by atoms with van der Waals surface area (Å²) in [6.45, 7) is 6.40. The van der Waals surface area contributed by atoms with Gasteiger partial charge in [-0.3, -0.25) is 14.4 Å². The second-order valence-electron chi connectivity index (χ2n) is 22.3. The van der Waals surface area contributed by atoms with Crippen molar-refractivity contribution in [3.8, 4) is 0 Å². The van der Waals surface area contributed by atoms with Gasteiger partial charge in [-0.05, 0) is 122 Å². The van der Waals surface area contributed by atoms with Crippen LogP contribution in [0.2, 0.25) is 0 Å². The Kier molecular flexibility index (Phi) is 65.8. The zero-order valence-electron chi connectivity index (χ0n) is 53.9. The van der Waals surface area contributed by atoms with Gasteiger partial charge in [0.2, 0.25) is 0 Å². The minimum Gasteiger partial charge on any atom is -0.462 e. The molecule has 0 fully saturated rings. The quantitative estimate of drug-likeness (QED) is 0.0261. The molecule has 0 rings (SSSR count). The molecule has 0 saturated heterocycles. The van der Waals surface area contributed by atoms with Crippen LogP contribution in [0.3, 0.4) is 0 Å². The van der Waals surface area contributed by atoms with Crippen LogP contribution in [0.5, 0.6) is 0 Å². The summed E-state index contributed by atoms with van der Waals surface area (Å²) >= 11 is 0. The maximum Gasteiger partial charge on any atom is 0.306 e. The van der Waals surface area contributed by atoms with E-state index in [9.17, 15) is 14.4 Å². The second kappa shape index (κ2) is 69.8. The summed E-state index contributed by atoms with van der Waals surface area (Å²) in [6.07, 6.45) is 100.0. The topological polar surface area (TPSA) is 78.9 Å². The van der Waals surface area contributed by atoms with Crippen LogP contribution in [0.25, 0.3) is 0 Å². The van der Waals surface area contributed by atoms with E-state index < -0.39 is 6.10 Å². The third kappa shape index (κ3) is 68.0. The molecule has 0 aliphatic heterocycles. The van der Waals surface area contributed by atoms with Crippen molar-refractivity contribution in [2.75, 3.05) is 13.2 Å². The Balaban J connectivity index is 4.48. The molecule has 83 heavy (non-hydrogen) atoms. The third-order valence-corrected chi connectivity index (χ3v) is 14.3. The highest BCUT2D eigenvalue weighted by Gasteiger charge is 2.19. The molecule has 0 aromatic heterocycles. The van der Waals surface area contributed by atoms with Crippen LogP contribution in [-0.2, 0) is 28.6 Å². The number of hydrogen-bond donors (Lipinski definition) is 0. The minimum absolute atomic E-state index is 0.0975. The van der Waals surface area contributed by atoms with Gasteiger partial charge in [-0.2, -0.15) is 0 Å². The summed E-state index contributed by atoms with van der Waals surface area (Å²) in [6, 6.07) is 0. The van der Waals surface area contributed by atoms with Gasteiger partial charge in [0.1, 0.15) is 13.2 Å². The van der Waals surface area contributed by atoms with E-state index in [1.165, 1.54) is 122 Å². The monoisotopic (exact) mass is 1150 g/mol. The number of esters is 3. The fraction of sp³-hybridized carbons (Fsp3) is 0.649. The first-order valence-corrected chi connectivity index (χ1v) is 34.3. The summed E-state index contributed by atoms with van der Waals surface area (Å²) in [5.74, 6) is -0.945. The third-order valence-electron chi connectivity index (χ3n) is 14.3. The highest BCUT2D eigenvalue weighted by molar-refractivity contribution is 5.71. The van der Waals surface area contributed by atoms with E-state index in [-0.39, 0.29) is 31.1 Å². The lowest BCUT2D eigenvalue weighted by atomic mass is 10.0. The Hall–Kier alpha value is -4.71. The molecule has 1 atom stereocenters. The molecule has 0 amide bonds. The number of hydrogen-bond acceptors (Lipinski definition) is 6. The Labute approximate surface area is 512 Å². The molecule has 0 aliphatic carbocycles. The molecule has 0 aromatic carbocycles. The van der Waals surface area contributed by atoms with E-state index in [2.05, 4.69) is 167 Å². The molecular formula is C77H126O6. The molecule has 0 aromatic rings. The Morgan fingerprint density at radius 1 is 0.253 bits per heavy atom. The van der Waals surface area contributed by atoms with Crippen LogP contribution >= 0.6 is 0 Å². The first-order valence-electron chi connectivity index (χ1n) is 34.3. The number of allylic oxidation sites excluding steroid dienone is 24. The second-order valence-corrected chi connectivity index (χ2v) is 22.3. The van der Waals surface area contributed by atoms with Gasteiger partial charge in [-0.25, -0.2) is 0 Å². The average molecular weight is 1150 g/mol. The number of carbonyl (C=O) groups is 3. The standard InChI is InChI=1S/C77H126O6/c1-4-7-10-13-16-19-22-25-28-31-33-35-36-37-38-39-40-42-43-46-49-52-55-58-61-64-67-70-76(79)82-73-74(72-81-75(78)69-66-63-60-57-54-51-48-45-30-27-24-21-18-15-12-9-6-3)83-77(80)71-68-65-62-59-56-53-50-47-44-41-34-32-29-26-23-20-17-14-11-8-5-2/h7-8,10-11,16-17,19-20,25-26,28-29,33-35,37-38,40-42,46,49,55,58,74H,4-6,9,12-15,18,21-24,27,30-32,36,39,43-45,47-48,50-54,56-57,59-73H2,1-3H3/b10-7-,11-8-,19-16-,20-17-,28-25-,29-26-,35-33-,38-37-,41-34-,42-40-,49-46-,58-55-. The predicted molar refractivity (Wildman–Crippen MR) is 362 cm³/mol. The summed E-state index contributed by atoms with van der Waals surface area (Å²) in [4.78, 5) is 38.4. The first kappa shape index (κ1) is 78.3. The zero-order chi connectivity index (χ0) is 59.9. The maximum atomic E-state index is 13.0. The van der Waals surface area contributed by atoms with Gasteiger partial charge in [-0.15, -0.1) is 0 Å². The van der Waals surface area contributed by atoms with E-state index in [4.69, 9.17) is 14.2 Å². The number of ether oxygens (including phenoxy) is 3. The summed E-state index contributed by atoms with van der Waals surface area (Å²) in [5.41, 5.74) is 0. The lowest BCUT2D eigenvalue weighted by Gasteiger charge is -2.18. The molecule has 0 spiro atoms. The molecule has 0 aliphatic rings. The van der Waals surface area contributed by atoms with Crippen LogP contribution in [0, 0.1) is 0 Å². The molecule has 0 radical (unpaired) electrons. The highest BCUT2D eigenvalue weighted by atomic mass is 16.6. The summed E-state index contributed by atoms with van der Waals surface area (Å²) in [5, 5.41) is 0. The fourth-order valence-corrected chi connectivity index (χ4v) is 9.27. The van der Waals surface area contributed by atoms with Gasteiger partial charge >= 0.3 is 17.9 Å². The predicted octanol–water partition coefficient (Wildman–Crippen LogP) is 23.9. The number of carbonyl (C=O) groups excluding carboxylic acids is 3. The van der Waals surface area contributed by atoms with Gasteiger partial charge in [-0.1, -0.05) is 308 Å². The van der Waals surface area contributed by atoms with Crippen LogP contribution in [0.4, 0.5) is 0 Å².